The van der Waals surface area contributed by atoms with Crippen LogP contribution in [0.4, 0.5) is 0 Å². The zero-order valence-electron chi connectivity index (χ0n) is 7.71. The average Bonchev–Trinajstić information content (AvgIpc) is 2.04. The SMILES string of the molecule is CC1CC(N)(CC(N)=O)CN1C. The van der Waals surface area contributed by atoms with Crippen molar-refractivity contribution in [2.45, 2.75) is 31.3 Å². The van der Waals surface area contributed by atoms with Crippen LogP contribution in [-0.2, 0) is 4.79 Å². The molecule has 1 fully saturated rings. The van der Waals surface area contributed by atoms with Crippen LogP contribution in [0.3, 0.4) is 0 Å². The van der Waals surface area contributed by atoms with Gasteiger partial charge >= 0.3 is 0 Å². The van der Waals surface area contributed by atoms with E-state index in [9.17, 15) is 4.79 Å². The Kier molecular flexibility index (Phi) is 2.39. The summed E-state index contributed by atoms with van der Waals surface area (Å²) in [4.78, 5) is 12.9. The first-order valence-corrected chi connectivity index (χ1v) is 4.20. The number of amides is 1. The molecular weight excluding hydrogens is 154 g/mol. The normalized spacial score (nSPS) is 37.1. The van der Waals surface area contributed by atoms with Gasteiger partial charge < -0.3 is 16.4 Å². The van der Waals surface area contributed by atoms with E-state index in [2.05, 4.69) is 11.8 Å². The molecule has 0 spiro atoms. The molecule has 4 N–H and O–H groups in total. The third-order valence-electron chi connectivity index (χ3n) is 2.54. The largest absolute Gasteiger partial charge is 0.370 e. The Morgan fingerprint density at radius 1 is 1.75 bits per heavy atom. The van der Waals surface area contributed by atoms with Crippen LogP contribution in [0.1, 0.15) is 19.8 Å². The Hall–Kier alpha value is -0.610. The topological polar surface area (TPSA) is 72.3 Å². The lowest BCUT2D eigenvalue weighted by Gasteiger charge is -2.21. The zero-order valence-corrected chi connectivity index (χ0v) is 7.71. The minimum absolute atomic E-state index is 0.293. The lowest BCUT2D eigenvalue weighted by molar-refractivity contribution is -0.119. The molecule has 1 aliphatic heterocycles. The Balaban J connectivity index is 2.57. The fourth-order valence-electron chi connectivity index (χ4n) is 1.94. The van der Waals surface area contributed by atoms with Gasteiger partial charge in [0, 0.05) is 24.5 Å². The van der Waals surface area contributed by atoms with Crippen molar-refractivity contribution >= 4 is 5.91 Å². The Labute approximate surface area is 72.9 Å². The van der Waals surface area contributed by atoms with Crippen LogP contribution >= 0.6 is 0 Å². The van der Waals surface area contributed by atoms with Gasteiger partial charge in [-0.05, 0) is 20.4 Å². The van der Waals surface area contributed by atoms with Crippen LogP contribution in [0.5, 0.6) is 0 Å². The smallest absolute Gasteiger partial charge is 0.219 e. The molecule has 0 bridgehead atoms. The molecule has 1 amide bonds. The fraction of sp³-hybridized carbons (Fsp3) is 0.875. The lowest BCUT2D eigenvalue weighted by Crippen LogP contribution is -2.45. The summed E-state index contributed by atoms with van der Waals surface area (Å²) >= 11 is 0. The second kappa shape index (κ2) is 3.03. The lowest BCUT2D eigenvalue weighted by atomic mass is 9.93. The third kappa shape index (κ3) is 1.95. The van der Waals surface area contributed by atoms with E-state index in [4.69, 9.17) is 11.5 Å². The summed E-state index contributed by atoms with van der Waals surface area (Å²) in [5, 5.41) is 0. The van der Waals surface area contributed by atoms with Crippen LogP contribution in [-0.4, -0.2) is 36.0 Å². The summed E-state index contributed by atoms with van der Waals surface area (Å²) in [6.07, 6.45) is 1.15. The van der Waals surface area contributed by atoms with Gasteiger partial charge in [0.05, 0.1) is 0 Å². The minimum atomic E-state index is -0.389. The molecule has 2 unspecified atom stereocenters. The molecule has 0 aliphatic carbocycles. The maximum Gasteiger partial charge on any atom is 0.219 e. The Bertz CT molecular complexity index is 183. The fourth-order valence-corrected chi connectivity index (χ4v) is 1.94. The van der Waals surface area contributed by atoms with Crippen molar-refractivity contribution in [3.8, 4) is 0 Å². The molecule has 0 aromatic heterocycles. The van der Waals surface area contributed by atoms with Crippen molar-refractivity contribution in [2.24, 2.45) is 11.5 Å². The molecule has 4 nitrogen and oxygen atoms in total. The van der Waals surface area contributed by atoms with Crippen LogP contribution in [0.15, 0.2) is 0 Å². The molecule has 1 rings (SSSR count). The summed E-state index contributed by atoms with van der Waals surface area (Å²) in [5.74, 6) is -0.306. The van der Waals surface area contributed by atoms with Gasteiger partial charge in [0.1, 0.15) is 0 Å². The number of nitrogens with zero attached hydrogens (tertiary/aromatic N) is 1. The van der Waals surface area contributed by atoms with Crippen molar-refractivity contribution in [3.05, 3.63) is 0 Å². The molecule has 0 radical (unpaired) electrons. The second-order valence-electron chi connectivity index (χ2n) is 3.97. The van der Waals surface area contributed by atoms with Gasteiger partial charge in [0.25, 0.3) is 0 Å². The van der Waals surface area contributed by atoms with Crippen molar-refractivity contribution in [2.75, 3.05) is 13.6 Å². The number of carbonyl (C=O) groups excluding carboxylic acids is 1. The molecule has 70 valence electrons. The Morgan fingerprint density at radius 2 is 2.33 bits per heavy atom. The molecule has 0 saturated carbocycles. The first kappa shape index (κ1) is 9.48. The van der Waals surface area contributed by atoms with Crippen LogP contribution in [0.2, 0.25) is 0 Å². The Morgan fingerprint density at radius 3 is 2.67 bits per heavy atom. The average molecular weight is 171 g/mol. The molecule has 1 heterocycles. The maximum atomic E-state index is 10.7. The standard InChI is InChI=1S/C8H17N3O/c1-6-3-8(10,4-7(9)12)5-11(6)2/h6H,3-5,10H2,1-2H3,(H2,9,12). The van der Waals surface area contributed by atoms with E-state index in [1.807, 2.05) is 7.05 Å². The van der Waals surface area contributed by atoms with Gasteiger partial charge in [-0.25, -0.2) is 0 Å². The molecule has 0 aromatic carbocycles. The predicted molar refractivity (Wildman–Crippen MR) is 47.4 cm³/mol. The van der Waals surface area contributed by atoms with Crippen molar-refractivity contribution < 1.29 is 4.79 Å². The number of rotatable bonds is 2. The van der Waals surface area contributed by atoms with Crippen molar-refractivity contribution in [1.29, 1.82) is 0 Å². The van der Waals surface area contributed by atoms with E-state index in [1.165, 1.54) is 0 Å². The predicted octanol–water partition coefficient (Wildman–Crippen LogP) is -0.717. The minimum Gasteiger partial charge on any atom is -0.370 e. The number of hydrogen-bond acceptors (Lipinski definition) is 3. The maximum absolute atomic E-state index is 10.7. The molecular formula is C8H17N3O. The highest BCUT2D eigenvalue weighted by atomic mass is 16.1. The van der Waals surface area contributed by atoms with E-state index in [0.717, 1.165) is 13.0 Å². The monoisotopic (exact) mass is 171 g/mol. The first-order valence-electron chi connectivity index (χ1n) is 4.20. The van der Waals surface area contributed by atoms with Crippen LogP contribution in [0, 0.1) is 0 Å². The summed E-state index contributed by atoms with van der Waals surface area (Å²) < 4.78 is 0. The molecule has 1 aliphatic rings. The zero-order chi connectivity index (χ0) is 9.35. The second-order valence-corrected chi connectivity index (χ2v) is 3.97. The summed E-state index contributed by atoms with van der Waals surface area (Å²) in [6.45, 7) is 2.87. The van der Waals surface area contributed by atoms with Crippen molar-refractivity contribution in [1.82, 2.24) is 4.90 Å². The van der Waals surface area contributed by atoms with Gasteiger partial charge in [0.15, 0.2) is 0 Å². The number of likely N-dealkylation sites (tertiary alicyclic amines) is 1. The van der Waals surface area contributed by atoms with E-state index in [1.54, 1.807) is 0 Å². The number of carbonyl (C=O) groups is 1. The molecule has 4 heteroatoms. The van der Waals surface area contributed by atoms with Crippen LogP contribution < -0.4 is 11.5 Å². The van der Waals surface area contributed by atoms with E-state index < -0.39 is 0 Å². The number of primary amides is 1. The van der Waals surface area contributed by atoms with Gasteiger partial charge in [-0.15, -0.1) is 0 Å². The van der Waals surface area contributed by atoms with E-state index in [-0.39, 0.29) is 11.4 Å². The van der Waals surface area contributed by atoms with E-state index >= 15 is 0 Å². The summed E-state index contributed by atoms with van der Waals surface area (Å²) in [7, 11) is 2.01. The van der Waals surface area contributed by atoms with Gasteiger partial charge in [0.2, 0.25) is 5.91 Å². The van der Waals surface area contributed by atoms with E-state index in [0.29, 0.717) is 12.5 Å². The van der Waals surface area contributed by atoms with Gasteiger partial charge in [-0.3, -0.25) is 4.79 Å². The quantitative estimate of drug-likeness (QED) is 0.576. The number of nitrogens with two attached hydrogens (primary N) is 2. The highest BCUT2D eigenvalue weighted by molar-refractivity contribution is 5.75. The highest BCUT2D eigenvalue weighted by Crippen LogP contribution is 2.25. The highest BCUT2D eigenvalue weighted by Gasteiger charge is 2.38. The van der Waals surface area contributed by atoms with Gasteiger partial charge in [-0.2, -0.15) is 0 Å². The molecule has 1 saturated heterocycles. The summed E-state index contributed by atoms with van der Waals surface area (Å²) in [5.41, 5.74) is 10.7. The number of likely N-dealkylation sites (N-methyl/N-ethyl adjacent to an activating group) is 1. The van der Waals surface area contributed by atoms with Gasteiger partial charge in [-0.1, -0.05) is 0 Å². The summed E-state index contributed by atoms with van der Waals surface area (Å²) in [6, 6.07) is 0.453. The van der Waals surface area contributed by atoms with Crippen molar-refractivity contribution in [3.63, 3.8) is 0 Å². The third-order valence-corrected chi connectivity index (χ3v) is 2.54. The molecule has 12 heavy (non-hydrogen) atoms. The first-order chi connectivity index (χ1) is 5.43. The molecule has 2 atom stereocenters. The number of hydrogen-bond donors (Lipinski definition) is 2. The van der Waals surface area contributed by atoms with Crippen LogP contribution in [0.25, 0.3) is 0 Å². The molecule has 0 aromatic rings.